The Morgan fingerprint density at radius 3 is 1.00 bits per heavy atom. The molecule has 10 heavy (non-hydrogen) atoms. The van der Waals surface area contributed by atoms with Gasteiger partial charge in [-0.05, 0) is 0 Å². The van der Waals surface area contributed by atoms with Crippen LogP contribution in [-0.4, -0.2) is 31.4 Å². The minimum atomic E-state index is 1.42. The zero-order chi connectivity index (χ0) is 8.31. The summed E-state index contributed by atoms with van der Waals surface area (Å²) < 4.78 is 0. The maximum Gasteiger partial charge on any atom is 0.137 e. The lowest BCUT2D eigenvalue weighted by Gasteiger charge is -2.06. The minimum Gasteiger partial charge on any atom is -0.120 e. The summed E-state index contributed by atoms with van der Waals surface area (Å²) in [4.78, 5) is 0. The second-order valence-electron chi connectivity index (χ2n) is 3.25. The van der Waals surface area contributed by atoms with Gasteiger partial charge in [0.05, 0.1) is 0 Å². The molecule has 0 spiro atoms. The fourth-order valence-corrected chi connectivity index (χ4v) is 0.750. The van der Waals surface area contributed by atoms with Crippen LogP contribution in [0.3, 0.4) is 0 Å². The van der Waals surface area contributed by atoms with E-state index in [9.17, 15) is 0 Å². The third kappa shape index (κ3) is 2.55. The van der Waals surface area contributed by atoms with Crippen molar-refractivity contribution >= 4 is 31.4 Å². The molecule has 0 aromatic rings. The molecule has 0 aliphatic carbocycles. The first kappa shape index (κ1) is 9.74. The van der Waals surface area contributed by atoms with Crippen LogP contribution < -0.4 is 0 Å². The average Bonchev–Trinajstić information content (AvgIpc) is 1.84. The molecule has 0 heterocycles. The van der Waals surface area contributed by atoms with Gasteiger partial charge in [0.2, 0.25) is 0 Å². The van der Waals surface area contributed by atoms with Gasteiger partial charge in [0.25, 0.3) is 0 Å². The second-order valence-corrected chi connectivity index (χ2v) is 3.25. The normalized spacial score (nSPS) is 15.8. The highest BCUT2D eigenvalue weighted by atomic mass is 13.9. The summed E-state index contributed by atoms with van der Waals surface area (Å²) in [6, 6.07) is 0. The van der Waals surface area contributed by atoms with Crippen LogP contribution in [0.15, 0.2) is 21.9 Å². The summed E-state index contributed by atoms with van der Waals surface area (Å²) in [5.74, 6) is 0. The van der Waals surface area contributed by atoms with Crippen molar-refractivity contribution in [2.45, 2.75) is 13.8 Å². The van der Waals surface area contributed by atoms with Gasteiger partial charge in [0.1, 0.15) is 31.4 Å². The van der Waals surface area contributed by atoms with Crippen molar-refractivity contribution in [3.05, 3.63) is 21.9 Å². The van der Waals surface area contributed by atoms with Gasteiger partial charge >= 0.3 is 0 Å². The van der Waals surface area contributed by atoms with Crippen LogP contribution in [0.25, 0.3) is 0 Å². The smallest absolute Gasteiger partial charge is 0.120 e. The fourth-order valence-electron chi connectivity index (χ4n) is 0.750. The van der Waals surface area contributed by atoms with E-state index in [1.54, 1.807) is 0 Å². The van der Waals surface area contributed by atoms with Gasteiger partial charge in [0, 0.05) is 0 Å². The molecule has 0 bridgehead atoms. The van der Waals surface area contributed by atoms with Crippen LogP contribution in [0.2, 0.25) is 0 Å². The number of rotatable bonds is 1. The molecule has 0 aliphatic rings. The summed E-state index contributed by atoms with van der Waals surface area (Å²) >= 11 is 0. The molecule has 50 valence electrons. The van der Waals surface area contributed by atoms with Crippen LogP contribution in [0.1, 0.15) is 13.8 Å². The van der Waals surface area contributed by atoms with Crippen LogP contribution in [0, 0.1) is 0 Å². The van der Waals surface area contributed by atoms with Gasteiger partial charge in [-0.3, -0.25) is 0 Å². The predicted molar refractivity (Wildman–Crippen MR) is 59.6 cm³/mol. The van der Waals surface area contributed by atoms with Gasteiger partial charge in [-0.1, -0.05) is 13.8 Å². The Hall–Kier alpha value is -0.260. The number of hydrogen-bond acceptors (Lipinski definition) is 0. The Balaban J connectivity index is 4.71. The summed E-state index contributed by atoms with van der Waals surface area (Å²) in [5, 5.41) is 0. The zero-order valence-electron chi connectivity index (χ0n) is 8.00. The van der Waals surface area contributed by atoms with Crippen molar-refractivity contribution in [1.82, 2.24) is 0 Å². The summed E-state index contributed by atoms with van der Waals surface area (Å²) in [6.45, 7) is 4.31. The van der Waals surface area contributed by atoms with Crippen molar-refractivity contribution in [3.63, 3.8) is 0 Å². The van der Waals surface area contributed by atoms with Gasteiger partial charge in [-0.15, -0.1) is 21.9 Å². The summed E-state index contributed by atoms with van der Waals surface area (Å²) in [5.41, 5.74) is 5.69. The standard InChI is InChI=1S/C6H14B4/c1-3(7)5(9)6(10)4(2)8/h7-10H2,1-2H3/b5-3-,6-4-. The van der Waals surface area contributed by atoms with Crippen LogP contribution in [0.4, 0.5) is 0 Å². The Morgan fingerprint density at radius 1 is 0.700 bits per heavy atom. The highest BCUT2D eigenvalue weighted by Crippen LogP contribution is 2.07. The van der Waals surface area contributed by atoms with E-state index in [1.165, 1.54) is 21.9 Å². The average molecular weight is 129 g/mol. The quantitative estimate of drug-likeness (QED) is 0.283. The van der Waals surface area contributed by atoms with Crippen LogP contribution in [0.5, 0.6) is 0 Å². The lowest BCUT2D eigenvalue weighted by Crippen LogP contribution is -1.97. The van der Waals surface area contributed by atoms with Gasteiger partial charge < -0.3 is 0 Å². The molecule has 0 rings (SSSR count). The van der Waals surface area contributed by atoms with Crippen molar-refractivity contribution in [2.24, 2.45) is 0 Å². The predicted octanol–water partition coefficient (Wildman–Crippen LogP) is -2.02. The molecular formula is C6H14B4. The molecule has 0 radical (unpaired) electrons. The summed E-state index contributed by atoms with van der Waals surface area (Å²) in [7, 11) is 8.67. The zero-order valence-corrected chi connectivity index (χ0v) is 8.00. The molecule has 0 N–H and O–H groups in total. The molecule has 0 aromatic heterocycles. The molecule has 0 aliphatic heterocycles. The number of hydrogen-bond donors (Lipinski definition) is 0. The maximum absolute atomic E-state index is 2.18. The molecular weight excluding hydrogens is 115 g/mol. The lowest BCUT2D eigenvalue weighted by atomic mass is 9.66. The SMILES string of the molecule is B/C(C)=C(B)/C(B)=C(/B)C. The molecule has 0 unspecified atom stereocenters. The van der Waals surface area contributed by atoms with Crippen molar-refractivity contribution in [1.29, 1.82) is 0 Å². The Kier molecular flexibility index (Phi) is 3.70. The monoisotopic (exact) mass is 130 g/mol. The molecule has 0 nitrogen and oxygen atoms in total. The highest BCUT2D eigenvalue weighted by Gasteiger charge is 1.95. The molecule has 0 saturated carbocycles. The molecule has 0 fully saturated rings. The van der Waals surface area contributed by atoms with E-state index in [0.717, 1.165) is 0 Å². The molecule has 4 heteroatoms. The fraction of sp³-hybridized carbons (Fsp3) is 0.333. The lowest BCUT2D eigenvalue weighted by molar-refractivity contribution is 1.55. The maximum atomic E-state index is 2.18. The van der Waals surface area contributed by atoms with E-state index in [0.29, 0.717) is 0 Å². The first-order chi connectivity index (χ1) is 4.46. The third-order valence-corrected chi connectivity index (χ3v) is 2.06. The van der Waals surface area contributed by atoms with Crippen molar-refractivity contribution in [3.8, 4) is 0 Å². The Morgan fingerprint density at radius 2 is 0.900 bits per heavy atom. The van der Waals surface area contributed by atoms with E-state index in [2.05, 4.69) is 45.2 Å². The van der Waals surface area contributed by atoms with E-state index in [4.69, 9.17) is 0 Å². The third-order valence-electron chi connectivity index (χ3n) is 2.06. The largest absolute Gasteiger partial charge is 0.137 e. The van der Waals surface area contributed by atoms with E-state index in [1.807, 2.05) is 0 Å². The van der Waals surface area contributed by atoms with Crippen LogP contribution in [-0.2, 0) is 0 Å². The molecule has 0 aromatic carbocycles. The second kappa shape index (κ2) is 3.80. The van der Waals surface area contributed by atoms with E-state index >= 15 is 0 Å². The van der Waals surface area contributed by atoms with E-state index in [-0.39, 0.29) is 0 Å². The highest BCUT2D eigenvalue weighted by molar-refractivity contribution is 6.43. The topological polar surface area (TPSA) is 0 Å². The number of allylic oxidation sites excluding steroid dienone is 4. The Bertz CT molecular complexity index is 160. The van der Waals surface area contributed by atoms with E-state index < -0.39 is 0 Å². The first-order valence-corrected chi connectivity index (χ1v) is 3.75. The first-order valence-electron chi connectivity index (χ1n) is 3.75. The molecule has 0 atom stereocenters. The Labute approximate surface area is 67.8 Å². The van der Waals surface area contributed by atoms with Crippen molar-refractivity contribution < 1.29 is 0 Å². The van der Waals surface area contributed by atoms with Gasteiger partial charge in [-0.2, -0.15) is 0 Å². The molecule has 0 amide bonds. The van der Waals surface area contributed by atoms with Gasteiger partial charge in [-0.25, -0.2) is 0 Å². The van der Waals surface area contributed by atoms with Crippen molar-refractivity contribution in [2.75, 3.05) is 0 Å². The molecule has 0 saturated heterocycles. The summed E-state index contributed by atoms with van der Waals surface area (Å²) in [6.07, 6.45) is 0. The van der Waals surface area contributed by atoms with Crippen LogP contribution >= 0.6 is 0 Å². The van der Waals surface area contributed by atoms with Gasteiger partial charge in [0.15, 0.2) is 0 Å². The minimum absolute atomic E-state index is 1.42.